The van der Waals surface area contributed by atoms with Gasteiger partial charge in [0.15, 0.2) is 12.3 Å². The Kier molecular flexibility index (Phi) is 11.3. The molecular weight excluding hydrogens is 729 g/mol. The van der Waals surface area contributed by atoms with Crippen LogP contribution in [0.15, 0.2) is 136 Å². The van der Waals surface area contributed by atoms with Gasteiger partial charge in [-0.2, -0.15) is 25.3 Å². The van der Waals surface area contributed by atoms with Gasteiger partial charge in [-0.25, -0.2) is 4.58 Å². The van der Waals surface area contributed by atoms with Gasteiger partial charge in [-0.1, -0.05) is 36.4 Å². The summed E-state index contributed by atoms with van der Waals surface area (Å²) in [5.74, 6) is -0.346. The van der Waals surface area contributed by atoms with E-state index in [1.165, 1.54) is 36.4 Å². The molecule has 0 atom stereocenters. The Balaban J connectivity index is 1.55. The normalized spacial score (nSPS) is 13.3. The van der Waals surface area contributed by atoms with Crippen LogP contribution in [0.2, 0.25) is 0 Å². The third-order valence-corrected chi connectivity index (χ3v) is 11.1. The first-order chi connectivity index (χ1) is 24.5. The smallest absolute Gasteiger partial charge is 0.295 e. The highest BCUT2D eigenvalue weighted by Crippen LogP contribution is 2.36. The molecule has 272 valence electrons. The van der Waals surface area contributed by atoms with Gasteiger partial charge in [0.25, 0.3) is 30.4 Å². The van der Waals surface area contributed by atoms with Crippen LogP contribution in [0.1, 0.15) is 36.1 Å². The molecule has 4 N–H and O–H groups in total. The molecule has 15 heteroatoms. The van der Waals surface area contributed by atoms with Gasteiger partial charge in [-0.05, 0) is 96.8 Å². The van der Waals surface area contributed by atoms with Crippen LogP contribution in [0.5, 0.6) is 5.75 Å². The molecule has 0 heterocycles. The van der Waals surface area contributed by atoms with E-state index in [2.05, 4.69) is 0 Å². The Morgan fingerprint density at radius 3 is 1.87 bits per heavy atom. The van der Waals surface area contributed by atoms with E-state index in [1.54, 1.807) is 36.4 Å². The number of allylic oxidation sites excluding steroid dienone is 5. The number of phenolic OH excluding ortho intramolecular Hbond substituents is 1. The minimum atomic E-state index is -4.77. The fourth-order valence-electron chi connectivity index (χ4n) is 5.87. The first-order valence-electron chi connectivity index (χ1n) is 16.0. The zero-order valence-electron chi connectivity index (χ0n) is 28.2. The summed E-state index contributed by atoms with van der Waals surface area (Å²) in [4.78, 5) is 1.15. The zero-order valence-corrected chi connectivity index (χ0v) is 30.6. The fourth-order valence-corrected chi connectivity index (χ4v) is 7.62. The molecular formula is C37H37N2O10S3+. The van der Waals surface area contributed by atoms with Crippen molar-refractivity contribution in [1.82, 2.24) is 0 Å². The highest BCUT2D eigenvalue weighted by molar-refractivity contribution is 7.86. The number of hydrogen-bond donors (Lipinski definition) is 4. The first kappa shape index (κ1) is 38.3. The van der Waals surface area contributed by atoms with E-state index in [-0.39, 0.29) is 21.1 Å². The molecule has 0 saturated carbocycles. The largest absolute Gasteiger partial charge is 0.508 e. The average Bonchev–Trinajstić information content (AvgIpc) is 3.10. The molecule has 0 amide bonds. The van der Waals surface area contributed by atoms with Gasteiger partial charge in [0, 0.05) is 48.1 Å². The maximum atomic E-state index is 12.6. The molecule has 52 heavy (non-hydrogen) atoms. The summed E-state index contributed by atoms with van der Waals surface area (Å²) >= 11 is 0. The lowest BCUT2D eigenvalue weighted by Gasteiger charge is -2.24. The maximum absolute atomic E-state index is 12.6. The van der Waals surface area contributed by atoms with Crippen molar-refractivity contribution < 1.29 is 48.6 Å². The molecule has 4 aromatic rings. The molecule has 12 nitrogen and oxygen atoms in total. The predicted molar refractivity (Wildman–Crippen MR) is 197 cm³/mol. The van der Waals surface area contributed by atoms with Crippen LogP contribution >= 0.6 is 0 Å². The molecule has 0 unspecified atom stereocenters. The maximum Gasteiger partial charge on any atom is 0.295 e. The van der Waals surface area contributed by atoms with Crippen LogP contribution in [0, 0.1) is 0 Å². The van der Waals surface area contributed by atoms with Crippen LogP contribution < -0.4 is 4.90 Å². The van der Waals surface area contributed by atoms with Gasteiger partial charge in [-0.3, -0.25) is 13.7 Å². The van der Waals surface area contributed by atoms with Crippen molar-refractivity contribution in [2.45, 2.75) is 41.6 Å². The molecule has 4 aromatic carbocycles. The molecule has 1 aliphatic carbocycles. The Morgan fingerprint density at radius 1 is 0.673 bits per heavy atom. The molecule has 0 radical (unpaired) electrons. The standard InChI is InChI=1S/C37H36N2O10S3/c1-3-38(24-26-8-19-33(20-9-26)50(41,42)43)30-14-10-28(11-15-30)37(35-21-18-32(40)23-36(35)52(47,48)49)29-12-16-31(17-13-29)39(4-2)25-27-6-5-7-34(22-27)51(44,45)46/h5-23H,3-4,24-25H2,1-2H3,(H3,41,42,43,44,45,46,47,48,49)/p+1. The van der Waals surface area contributed by atoms with Crippen LogP contribution in [-0.4, -0.2) is 67.4 Å². The van der Waals surface area contributed by atoms with Crippen molar-refractivity contribution >= 4 is 47.3 Å². The van der Waals surface area contributed by atoms with Gasteiger partial charge >= 0.3 is 0 Å². The molecule has 5 rings (SSSR count). The molecule has 0 bridgehead atoms. The second-order valence-corrected chi connectivity index (χ2v) is 16.1. The lowest BCUT2D eigenvalue weighted by Crippen LogP contribution is -2.22. The third-order valence-electron chi connectivity index (χ3n) is 8.48. The van der Waals surface area contributed by atoms with E-state index < -0.39 is 35.2 Å². The number of hydrogen-bond acceptors (Lipinski definition) is 8. The van der Waals surface area contributed by atoms with Gasteiger partial charge in [-0.15, -0.1) is 0 Å². The quantitative estimate of drug-likeness (QED) is 0.101. The summed E-state index contributed by atoms with van der Waals surface area (Å²) in [7, 11) is -13.5. The first-order valence-corrected chi connectivity index (χ1v) is 20.3. The van der Waals surface area contributed by atoms with Gasteiger partial charge < -0.3 is 10.0 Å². The van der Waals surface area contributed by atoms with Crippen LogP contribution in [-0.2, 0) is 43.4 Å². The van der Waals surface area contributed by atoms with E-state index >= 15 is 0 Å². The summed E-state index contributed by atoms with van der Waals surface area (Å²) in [5, 5.41) is 10.1. The van der Waals surface area contributed by atoms with Crippen molar-refractivity contribution in [3.05, 3.63) is 143 Å². The predicted octanol–water partition coefficient (Wildman–Crippen LogP) is 5.76. The van der Waals surface area contributed by atoms with Crippen molar-refractivity contribution in [1.29, 1.82) is 0 Å². The number of rotatable bonds is 12. The molecule has 0 aromatic heterocycles. The average molecular weight is 766 g/mol. The van der Waals surface area contributed by atoms with Crippen molar-refractivity contribution in [2.24, 2.45) is 0 Å². The SMILES string of the molecule is CCN(Cc1ccc(S(=O)(=O)O)cc1)c1ccc(C(=C2C=CC(=[N+](CC)Cc3cccc(S(=O)(=O)O)c3)C=C2)c2ccc(O)cc2S(=O)(=O)O)cc1. The molecule has 0 fully saturated rings. The minimum Gasteiger partial charge on any atom is -0.508 e. The van der Waals surface area contributed by atoms with E-state index in [4.69, 9.17) is 0 Å². The van der Waals surface area contributed by atoms with Gasteiger partial charge in [0.1, 0.15) is 17.2 Å². The Morgan fingerprint density at radius 2 is 1.31 bits per heavy atom. The second-order valence-electron chi connectivity index (χ2n) is 11.9. The zero-order chi connectivity index (χ0) is 37.8. The van der Waals surface area contributed by atoms with E-state index in [0.717, 1.165) is 23.0 Å². The van der Waals surface area contributed by atoms with Crippen molar-refractivity contribution in [3.8, 4) is 5.75 Å². The Labute approximate surface area is 303 Å². The lowest BCUT2D eigenvalue weighted by molar-refractivity contribution is -0.539. The molecule has 0 saturated heterocycles. The van der Waals surface area contributed by atoms with Gasteiger partial charge in [0.2, 0.25) is 0 Å². The van der Waals surface area contributed by atoms with Crippen LogP contribution in [0.3, 0.4) is 0 Å². The summed E-state index contributed by atoms with van der Waals surface area (Å²) < 4.78 is 102. The fraction of sp³-hybridized carbons (Fsp3) is 0.162. The van der Waals surface area contributed by atoms with Crippen LogP contribution in [0.25, 0.3) is 5.57 Å². The highest BCUT2D eigenvalue weighted by atomic mass is 32.2. The number of aromatic hydroxyl groups is 1. The Bertz CT molecular complexity index is 2430. The third kappa shape index (κ3) is 9.11. The summed E-state index contributed by atoms with van der Waals surface area (Å²) in [6, 6.07) is 23.0. The summed E-state index contributed by atoms with van der Waals surface area (Å²) in [6.45, 7) is 5.80. The topological polar surface area (TPSA) is 190 Å². The highest BCUT2D eigenvalue weighted by Gasteiger charge is 2.23. The lowest BCUT2D eigenvalue weighted by atomic mass is 9.90. The number of nitrogens with zero attached hydrogens (tertiary/aromatic N) is 2. The summed E-state index contributed by atoms with van der Waals surface area (Å²) in [5.41, 5.74) is 4.88. The van der Waals surface area contributed by atoms with Crippen LogP contribution in [0.4, 0.5) is 5.69 Å². The second kappa shape index (κ2) is 15.4. The van der Waals surface area contributed by atoms with E-state index in [1.807, 2.05) is 59.7 Å². The van der Waals surface area contributed by atoms with Crippen molar-refractivity contribution in [2.75, 3.05) is 18.0 Å². The summed E-state index contributed by atoms with van der Waals surface area (Å²) in [6.07, 6.45) is 7.26. The number of anilines is 1. The molecule has 0 spiro atoms. The molecule has 0 aliphatic heterocycles. The van der Waals surface area contributed by atoms with Crippen molar-refractivity contribution in [3.63, 3.8) is 0 Å². The minimum absolute atomic E-state index is 0.154. The number of phenols is 1. The molecule has 1 aliphatic rings. The number of benzene rings is 4. The monoisotopic (exact) mass is 765 g/mol. The van der Waals surface area contributed by atoms with E-state index in [9.17, 15) is 44.0 Å². The Hall–Kier alpha value is -4.90. The van der Waals surface area contributed by atoms with E-state index in [0.29, 0.717) is 48.5 Å². The van der Waals surface area contributed by atoms with Gasteiger partial charge in [0.05, 0.1) is 9.79 Å².